The van der Waals surface area contributed by atoms with Gasteiger partial charge in [0.25, 0.3) is 5.91 Å². The highest BCUT2D eigenvalue weighted by atomic mass is 16.5. The number of hydrogen-bond acceptors (Lipinski definition) is 4. The molecule has 2 aliphatic heterocycles. The third-order valence-corrected chi connectivity index (χ3v) is 6.41. The molecule has 0 aromatic heterocycles. The highest BCUT2D eigenvalue weighted by Crippen LogP contribution is 2.59. The normalized spacial score (nSPS) is 24.0. The second kappa shape index (κ2) is 7.50. The minimum absolute atomic E-state index is 0.0103. The molecule has 4 rings (SSSR count). The van der Waals surface area contributed by atoms with E-state index in [9.17, 15) is 9.59 Å². The maximum absolute atomic E-state index is 12.8. The van der Waals surface area contributed by atoms with E-state index >= 15 is 0 Å². The molecule has 2 heterocycles. The molecule has 1 aliphatic carbocycles. The number of piperidine rings is 1. The van der Waals surface area contributed by atoms with Crippen LogP contribution in [0, 0.1) is 18.3 Å². The molecule has 1 spiro atoms. The average molecular weight is 371 g/mol. The lowest BCUT2D eigenvalue weighted by Crippen LogP contribution is -2.52. The predicted molar refractivity (Wildman–Crippen MR) is 102 cm³/mol. The molecular formula is C21H29N3O3. The van der Waals surface area contributed by atoms with Gasteiger partial charge in [-0.1, -0.05) is 17.7 Å². The molecule has 27 heavy (non-hydrogen) atoms. The number of ether oxygens (including phenoxy) is 1. The minimum atomic E-state index is -0.0103. The van der Waals surface area contributed by atoms with Crippen molar-refractivity contribution in [3.05, 3.63) is 29.8 Å². The summed E-state index contributed by atoms with van der Waals surface area (Å²) in [7, 11) is 0. The third kappa shape index (κ3) is 3.95. The number of benzene rings is 1. The Bertz CT molecular complexity index is 689. The summed E-state index contributed by atoms with van der Waals surface area (Å²) < 4.78 is 5.60. The molecule has 6 nitrogen and oxygen atoms in total. The molecule has 146 valence electrons. The van der Waals surface area contributed by atoms with Crippen molar-refractivity contribution in [2.45, 2.75) is 26.2 Å². The van der Waals surface area contributed by atoms with Crippen molar-refractivity contribution in [3.8, 4) is 5.75 Å². The van der Waals surface area contributed by atoms with E-state index in [0.717, 1.165) is 37.9 Å². The lowest BCUT2D eigenvalue weighted by Gasteiger charge is -2.35. The highest BCUT2D eigenvalue weighted by Gasteiger charge is 2.58. The Morgan fingerprint density at radius 2 is 1.70 bits per heavy atom. The summed E-state index contributed by atoms with van der Waals surface area (Å²) in [5.74, 6) is 1.22. The van der Waals surface area contributed by atoms with Crippen LogP contribution in [-0.4, -0.2) is 67.5 Å². The standard InChI is InChI=1S/C21H29N3O3/c1-16-2-4-17(5-3-16)27-15-19(25)23-10-12-24(13-11-23)20(26)18-14-21(18)6-8-22-9-7-21/h2-5,18,22H,6-15H2,1H3. The van der Waals surface area contributed by atoms with Gasteiger partial charge in [-0.25, -0.2) is 0 Å². The molecule has 2 saturated heterocycles. The first-order valence-corrected chi connectivity index (χ1v) is 10.0. The molecule has 1 N–H and O–H groups in total. The van der Waals surface area contributed by atoms with Crippen molar-refractivity contribution in [3.63, 3.8) is 0 Å². The zero-order valence-electron chi connectivity index (χ0n) is 16.1. The summed E-state index contributed by atoms with van der Waals surface area (Å²) in [6.07, 6.45) is 3.30. The quantitative estimate of drug-likeness (QED) is 0.870. The second-order valence-corrected chi connectivity index (χ2v) is 8.18. The summed E-state index contributed by atoms with van der Waals surface area (Å²) in [6.45, 7) is 6.62. The summed E-state index contributed by atoms with van der Waals surface area (Å²) in [5, 5.41) is 3.38. The van der Waals surface area contributed by atoms with Gasteiger partial charge in [0.2, 0.25) is 5.91 Å². The van der Waals surface area contributed by atoms with Crippen LogP contribution in [0.3, 0.4) is 0 Å². The van der Waals surface area contributed by atoms with Gasteiger partial charge in [-0.15, -0.1) is 0 Å². The first-order chi connectivity index (χ1) is 13.1. The summed E-state index contributed by atoms with van der Waals surface area (Å²) in [4.78, 5) is 29.0. The minimum Gasteiger partial charge on any atom is -0.484 e. The lowest BCUT2D eigenvalue weighted by atomic mass is 9.91. The summed E-state index contributed by atoms with van der Waals surface area (Å²) in [6, 6.07) is 7.70. The van der Waals surface area contributed by atoms with Crippen molar-refractivity contribution in [1.29, 1.82) is 0 Å². The molecule has 3 aliphatic rings. The van der Waals surface area contributed by atoms with Crippen LogP contribution >= 0.6 is 0 Å². The molecule has 0 bridgehead atoms. The van der Waals surface area contributed by atoms with Gasteiger partial charge < -0.3 is 19.9 Å². The smallest absolute Gasteiger partial charge is 0.260 e. The van der Waals surface area contributed by atoms with Crippen LogP contribution in [0.4, 0.5) is 0 Å². The Morgan fingerprint density at radius 3 is 2.37 bits per heavy atom. The van der Waals surface area contributed by atoms with Gasteiger partial charge >= 0.3 is 0 Å². The maximum atomic E-state index is 12.8. The Labute approximate surface area is 160 Å². The fourth-order valence-corrected chi connectivity index (χ4v) is 4.44. The first kappa shape index (κ1) is 18.3. The van der Waals surface area contributed by atoms with Crippen molar-refractivity contribution in [2.75, 3.05) is 45.9 Å². The summed E-state index contributed by atoms with van der Waals surface area (Å²) >= 11 is 0. The average Bonchev–Trinajstić information content (AvgIpc) is 3.40. The molecule has 1 aromatic rings. The Hall–Kier alpha value is -2.08. The van der Waals surface area contributed by atoms with Gasteiger partial charge in [-0.05, 0) is 56.8 Å². The SMILES string of the molecule is Cc1ccc(OCC(=O)N2CCN(C(=O)C3CC34CCNCC4)CC2)cc1. The van der Waals surface area contributed by atoms with Crippen LogP contribution in [-0.2, 0) is 9.59 Å². The van der Waals surface area contributed by atoms with Gasteiger partial charge in [0.15, 0.2) is 6.61 Å². The van der Waals surface area contributed by atoms with E-state index in [-0.39, 0.29) is 23.8 Å². The fraction of sp³-hybridized carbons (Fsp3) is 0.619. The maximum Gasteiger partial charge on any atom is 0.260 e. The number of aryl methyl sites for hydroxylation is 1. The van der Waals surface area contributed by atoms with Crippen molar-refractivity contribution >= 4 is 11.8 Å². The topological polar surface area (TPSA) is 61.9 Å². The molecule has 1 aromatic carbocycles. The van der Waals surface area contributed by atoms with Crippen LogP contribution in [0.25, 0.3) is 0 Å². The van der Waals surface area contributed by atoms with Gasteiger partial charge in [-0.3, -0.25) is 9.59 Å². The number of piperazine rings is 1. The molecule has 2 amide bonds. The number of carbonyl (C=O) groups is 2. The molecule has 3 fully saturated rings. The molecule has 1 saturated carbocycles. The van der Waals surface area contributed by atoms with Gasteiger partial charge in [0, 0.05) is 32.1 Å². The molecule has 6 heteroatoms. The number of nitrogens with zero attached hydrogens (tertiary/aromatic N) is 2. The van der Waals surface area contributed by atoms with Crippen LogP contribution < -0.4 is 10.1 Å². The predicted octanol–water partition coefficient (Wildman–Crippen LogP) is 1.43. The fourth-order valence-electron chi connectivity index (χ4n) is 4.44. The van der Waals surface area contributed by atoms with E-state index in [2.05, 4.69) is 5.32 Å². The number of hydrogen-bond donors (Lipinski definition) is 1. The largest absolute Gasteiger partial charge is 0.484 e. The monoisotopic (exact) mass is 371 g/mol. The lowest BCUT2D eigenvalue weighted by molar-refractivity contribution is -0.142. The molecule has 0 radical (unpaired) electrons. The van der Waals surface area contributed by atoms with Gasteiger partial charge in [-0.2, -0.15) is 0 Å². The van der Waals surface area contributed by atoms with E-state index in [0.29, 0.717) is 37.8 Å². The van der Waals surface area contributed by atoms with Crippen molar-refractivity contribution in [1.82, 2.24) is 15.1 Å². The van der Waals surface area contributed by atoms with E-state index in [1.54, 1.807) is 0 Å². The zero-order chi connectivity index (χ0) is 18.9. The zero-order valence-corrected chi connectivity index (χ0v) is 16.1. The number of nitrogens with one attached hydrogen (secondary N) is 1. The Kier molecular flexibility index (Phi) is 5.08. The van der Waals surface area contributed by atoms with Crippen LogP contribution in [0.1, 0.15) is 24.8 Å². The van der Waals surface area contributed by atoms with E-state index in [1.165, 1.54) is 0 Å². The van der Waals surface area contributed by atoms with E-state index in [4.69, 9.17) is 4.74 Å². The van der Waals surface area contributed by atoms with Crippen LogP contribution in [0.2, 0.25) is 0 Å². The number of rotatable bonds is 4. The second-order valence-electron chi connectivity index (χ2n) is 8.18. The van der Waals surface area contributed by atoms with Gasteiger partial charge in [0.1, 0.15) is 5.75 Å². The first-order valence-electron chi connectivity index (χ1n) is 10.0. The molecule has 1 atom stereocenters. The highest BCUT2D eigenvalue weighted by molar-refractivity contribution is 5.83. The number of carbonyl (C=O) groups excluding carboxylic acids is 2. The van der Waals surface area contributed by atoms with Crippen LogP contribution in [0.5, 0.6) is 5.75 Å². The third-order valence-electron chi connectivity index (χ3n) is 6.41. The van der Waals surface area contributed by atoms with E-state index in [1.807, 2.05) is 41.0 Å². The molecule has 1 unspecified atom stereocenters. The van der Waals surface area contributed by atoms with E-state index < -0.39 is 0 Å². The summed E-state index contributed by atoms with van der Waals surface area (Å²) in [5.41, 5.74) is 1.44. The Morgan fingerprint density at radius 1 is 1.07 bits per heavy atom. The van der Waals surface area contributed by atoms with Gasteiger partial charge in [0.05, 0.1) is 0 Å². The van der Waals surface area contributed by atoms with Crippen LogP contribution in [0.15, 0.2) is 24.3 Å². The Balaban J connectivity index is 1.22. The molecular weight excluding hydrogens is 342 g/mol. The van der Waals surface area contributed by atoms with Crippen molar-refractivity contribution in [2.24, 2.45) is 11.3 Å². The number of amides is 2. The van der Waals surface area contributed by atoms with Crippen molar-refractivity contribution < 1.29 is 14.3 Å².